The summed E-state index contributed by atoms with van der Waals surface area (Å²) in [5, 5.41) is 8.89. The second kappa shape index (κ2) is 6.08. The Morgan fingerprint density at radius 3 is 2.87 bits per heavy atom. The Kier molecular flexibility index (Phi) is 5.05. The lowest BCUT2D eigenvalue weighted by molar-refractivity contribution is -0.157. The van der Waals surface area contributed by atoms with Crippen molar-refractivity contribution in [1.29, 1.82) is 0 Å². The number of hydrogen-bond acceptors (Lipinski definition) is 3. The summed E-state index contributed by atoms with van der Waals surface area (Å²) in [5.41, 5.74) is 0. The molecule has 0 aromatic heterocycles. The molecule has 1 saturated heterocycles. The van der Waals surface area contributed by atoms with Crippen LogP contribution in [0.4, 0.5) is 0 Å². The average Bonchev–Trinajstić information content (AvgIpc) is 2.26. The molecule has 2 unspecified atom stereocenters. The molecule has 4 nitrogen and oxygen atoms in total. The normalized spacial score (nSPS) is 25.1. The molecule has 0 aromatic carbocycles. The fraction of sp³-hybridized carbons (Fsp3) is 0.909. The van der Waals surface area contributed by atoms with Crippen molar-refractivity contribution in [2.45, 2.75) is 45.3 Å². The third-order valence-electron chi connectivity index (χ3n) is 2.98. The standard InChI is InChI=1S/C11H21NO3/c1-3-5-9(4-2)12-6-7-15-10(8-12)11(13)14/h9-10H,3-8H2,1-2H3,(H,13,14). The van der Waals surface area contributed by atoms with Crippen LogP contribution >= 0.6 is 0 Å². The smallest absolute Gasteiger partial charge is 0.334 e. The van der Waals surface area contributed by atoms with E-state index in [-0.39, 0.29) is 0 Å². The van der Waals surface area contributed by atoms with Gasteiger partial charge in [-0.25, -0.2) is 4.79 Å². The highest BCUT2D eigenvalue weighted by Crippen LogP contribution is 2.15. The van der Waals surface area contributed by atoms with Crippen LogP contribution in [0.3, 0.4) is 0 Å². The molecule has 4 heteroatoms. The molecule has 0 aliphatic carbocycles. The van der Waals surface area contributed by atoms with E-state index in [1.807, 2.05) is 0 Å². The van der Waals surface area contributed by atoms with E-state index < -0.39 is 12.1 Å². The summed E-state index contributed by atoms with van der Waals surface area (Å²) in [5.74, 6) is -0.842. The molecule has 1 heterocycles. The Morgan fingerprint density at radius 2 is 2.33 bits per heavy atom. The maximum absolute atomic E-state index is 10.8. The fourth-order valence-electron chi connectivity index (χ4n) is 2.13. The molecule has 1 aliphatic heterocycles. The maximum Gasteiger partial charge on any atom is 0.334 e. The van der Waals surface area contributed by atoms with Crippen molar-refractivity contribution in [3.8, 4) is 0 Å². The lowest BCUT2D eigenvalue weighted by Crippen LogP contribution is -2.50. The van der Waals surface area contributed by atoms with E-state index in [2.05, 4.69) is 18.7 Å². The minimum atomic E-state index is -0.842. The van der Waals surface area contributed by atoms with Crippen LogP contribution < -0.4 is 0 Å². The summed E-state index contributed by atoms with van der Waals surface area (Å²) in [6, 6.07) is 0.515. The first-order valence-electron chi connectivity index (χ1n) is 5.77. The largest absolute Gasteiger partial charge is 0.479 e. The minimum Gasteiger partial charge on any atom is -0.479 e. The lowest BCUT2D eigenvalue weighted by Gasteiger charge is -2.36. The quantitative estimate of drug-likeness (QED) is 0.752. The summed E-state index contributed by atoms with van der Waals surface area (Å²) in [7, 11) is 0. The second-order valence-electron chi connectivity index (χ2n) is 4.04. The number of nitrogens with zero attached hydrogens (tertiary/aromatic N) is 1. The van der Waals surface area contributed by atoms with E-state index in [9.17, 15) is 4.79 Å². The van der Waals surface area contributed by atoms with Gasteiger partial charge in [0.2, 0.25) is 0 Å². The van der Waals surface area contributed by atoms with Crippen LogP contribution in [0.1, 0.15) is 33.1 Å². The molecule has 0 saturated carbocycles. The number of ether oxygens (including phenoxy) is 1. The SMILES string of the molecule is CCCC(CC)N1CCOC(C(=O)O)C1. The van der Waals surface area contributed by atoms with Crippen molar-refractivity contribution in [2.24, 2.45) is 0 Å². The van der Waals surface area contributed by atoms with Crippen LogP contribution in [0.15, 0.2) is 0 Å². The predicted molar refractivity (Wildman–Crippen MR) is 57.9 cm³/mol. The molecule has 88 valence electrons. The highest BCUT2D eigenvalue weighted by Gasteiger charge is 2.29. The molecule has 0 spiro atoms. The first kappa shape index (κ1) is 12.5. The summed E-state index contributed by atoms with van der Waals surface area (Å²) in [6.45, 7) is 6.26. The zero-order valence-corrected chi connectivity index (χ0v) is 9.61. The van der Waals surface area contributed by atoms with Gasteiger partial charge < -0.3 is 9.84 Å². The maximum atomic E-state index is 10.8. The van der Waals surface area contributed by atoms with Gasteiger partial charge in [-0.15, -0.1) is 0 Å². The summed E-state index contributed by atoms with van der Waals surface area (Å²) >= 11 is 0. The molecule has 1 N–H and O–H groups in total. The van der Waals surface area contributed by atoms with Gasteiger partial charge in [0, 0.05) is 19.1 Å². The van der Waals surface area contributed by atoms with Crippen molar-refractivity contribution in [1.82, 2.24) is 4.90 Å². The predicted octanol–water partition coefficient (Wildman–Crippen LogP) is 1.35. The molecule has 0 aromatic rings. The molecular weight excluding hydrogens is 194 g/mol. The van der Waals surface area contributed by atoms with E-state index in [4.69, 9.17) is 9.84 Å². The van der Waals surface area contributed by atoms with Crippen molar-refractivity contribution in [2.75, 3.05) is 19.7 Å². The van der Waals surface area contributed by atoms with Gasteiger partial charge in [0.1, 0.15) is 0 Å². The van der Waals surface area contributed by atoms with Crippen molar-refractivity contribution in [3.63, 3.8) is 0 Å². The van der Waals surface area contributed by atoms with Gasteiger partial charge in [-0.1, -0.05) is 20.3 Å². The number of rotatable bonds is 5. The Balaban J connectivity index is 2.49. The van der Waals surface area contributed by atoms with Crippen LogP contribution in [0.2, 0.25) is 0 Å². The lowest BCUT2D eigenvalue weighted by atomic mass is 10.1. The van der Waals surface area contributed by atoms with Crippen LogP contribution in [0, 0.1) is 0 Å². The zero-order valence-electron chi connectivity index (χ0n) is 9.61. The van der Waals surface area contributed by atoms with E-state index in [1.165, 1.54) is 0 Å². The Labute approximate surface area is 91.2 Å². The second-order valence-corrected chi connectivity index (χ2v) is 4.04. The van der Waals surface area contributed by atoms with Gasteiger partial charge in [0.15, 0.2) is 6.10 Å². The summed E-state index contributed by atoms with van der Waals surface area (Å²) in [4.78, 5) is 13.1. The topological polar surface area (TPSA) is 49.8 Å². The van der Waals surface area contributed by atoms with E-state index in [0.29, 0.717) is 19.2 Å². The van der Waals surface area contributed by atoms with Crippen LogP contribution in [0.5, 0.6) is 0 Å². The Hall–Kier alpha value is -0.610. The summed E-state index contributed by atoms with van der Waals surface area (Å²) < 4.78 is 5.20. The molecule has 2 atom stereocenters. The van der Waals surface area contributed by atoms with Crippen molar-refractivity contribution < 1.29 is 14.6 Å². The first-order valence-corrected chi connectivity index (χ1v) is 5.77. The van der Waals surface area contributed by atoms with E-state index in [1.54, 1.807) is 0 Å². The molecule has 0 radical (unpaired) electrons. The van der Waals surface area contributed by atoms with E-state index in [0.717, 1.165) is 25.8 Å². The van der Waals surface area contributed by atoms with Crippen molar-refractivity contribution >= 4 is 5.97 Å². The van der Waals surface area contributed by atoms with Gasteiger partial charge in [-0.05, 0) is 12.8 Å². The minimum absolute atomic E-state index is 0.515. The van der Waals surface area contributed by atoms with Gasteiger partial charge in [-0.3, -0.25) is 4.90 Å². The van der Waals surface area contributed by atoms with Gasteiger partial charge in [0.05, 0.1) is 6.61 Å². The Bertz CT molecular complexity index is 208. The highest BCUT2D eigenvalue weighted by atomic mass is 16.5. The van der Waals surface area contributed by atoms with Gasteiger partial charge >= 0.3 is 5.97 Å². The van der Waals surface area contributed by atoms with Crippen LogP contribution in [-0.4, -0.2) is 47.8 Å². The molecule has 0 bridgehead atoms. The number of carboxylic acid groups (broad SMARTS) is 1. The number of aliphatic carboxylic acids is 1. The van der Waals surface area contributed by atoms with Crippen LogP contribution in [0.25, 0.3) is 0 Å². The van der Waals surface area contributed by atoms with Crippen LogP contribution in [-0.2, 0) is 9.53 Å². The fourth-order valence-corrected chi connectivity index (χ4v) is 2.13. The van der Waals surface area contributed by atoms with E-state index >= 15 is 0 Å². The molecule has 0 amide bonds. The van der Waals surface area contributed by atoms with Gasteiger partial charge in [0.25, 0.3) is 0 Å². The number of carbonyl (C=O) groups is 1. The zero-order chi connectivity index (χ0) is 11.3. The highest BCUT2D eigenvalue weighted by molar-refractivity contribution is 5.72. The van der Waals surface area contributed by atoms with Gasteiger partial charge in [-0.2, -0.15) is 0 Å². The third-order valence-corrected chi connectivity index (χ3v) is 2.98. The monoisotopic (exact) mass is 215 g/mol. The first-order chi connectivity index (χ1) is 7.19. The summed E-state index contributed by atoms with van der Waals surface area (Å²) in [6.07, 6.45) is 2.74. The Morgan fingerprint density at radius 1 is 1.60 bits per heavy atom. The van der Waals surface area contributed by atoms with Crippen molar-refractivity contribution in [3.05, 3.63) is 0 Å². The molecule has 1 aliphatic rings. The molecule has 1 rings (SSSR count). The third kappa shape index (κ3) is 3.47. The molecular formula is C11H21NO3. The molecule has 15 heavy (non-hydrogen) atoms. The average molecular weight is 215 g/mol. The molecule has 1 fully saturated rings. The number of carboxylic acids is 1. The number of morpholine rings is 1. The number of hydrogen-bond donors (Lipinski definition) is 1.